The summed E-state index contributed by atoms with van der Waals surface area (Å²) in [7, 11) is 0. The molecule has 1 amide bonds. The van der Waals surface area contributed by atoms with E-state index >= 15 is 0 Å². The van der Waals surface area contributed by atoms with E-state index in [1.165, 1.54) is 16.8 Å². The molecule has 3 rings (SSSR count). The van der Waals surface area contributed by atoms with Gasteiger partial charge < -0.3 is 15.4 Å². The van der Waals surface area contributed by atoms with Gasteiger partial charge in [-0.15, -0.1) is 0 Å². The number of amides is 1. The molecular weight excluding hydrogens is 372 g/mol. The maximum atomic E-state index is 13.0. The molecule has 0 aliphatic carbocycles. The molecule has 1 aromatic carbocycles. The topological polar surface area (TPSA) is 50.4 Å². The molecule has 0 saturated heterocycles. The van der Waals surface area contributed by atoms with Crippen LogP contribution in [0.15, 0.2) is 47.2 Å². The van der Waals surface area contributed by atoms with E-state index < -0.39 is 0 Å². The molecule has 0 aromatic heterocycles. The molecule has 1 unspecified atom stereocenters. The first kappa shape index (κ1) is 20.5. The zero-order valence-corrected chi connectivity index (χ0v) is 17.8. The lowest BCUT2D eigenvalue weighted by Gasteiger charge is -2.28. The van der Waals surface area contributed by atoms with Gasteiger partial charge in [0.1, 0.15) is 5.75 Å². The van der Waals surface area contributed by atoms with Crippen LogP contribution < -0.4 is 15.4 Å². The van der Waals surface area contributed by atoms with Gasteiger partial charge in [-0.25, -0.2) is 0 Å². The quantitative estimate of drug-likeness (QED) is 0.691. The van der Waals surface area contributed by atoms with E-state index in [1.807, 2.05) is 13.8 Å². The molecule has 0 fully saturated rings. The number of dihydropyridines is 1. The van der Waals surface area contributed by atoms with Crippen LogP contribution >= 0.6 is 11.6 Å². The standard InChI is InChI=1S/C23H29ClN2O2/c1-14(2)28-22-12-18(24)11-20-19(22)9-7-5-6-8-17-10-15(3)26-16(4)21(17)13-25-23(20)27/h5,7,10-12,14,16,26H,6,8-9,13H2,1-4H3,(H,25,27)/b7-5+. The van der Waals surface area contributed by atoms with Crippen molar-refractivity contribution in [1.29, 1.82) is 0 Å². The monoisotopic (exact) mass is 400 g/mol. The maximum absolute atomic E-state index is 13.0. The molecule has 150 valence electrons. The van der Waals surface area contributed by atoms with Gasteiger partial charge in [0.2, 0.25) is 0 Å². The number of allylic oxidation sites excluding steroid dienone is 5. The summed E-state index contributed by atoms with van der Waals surface area (Å²) in [5, 5.41) is 7.07. The highest BCUT2D eigenvalue weighted by atomic mass is 35.5. The summed E-state index contributed by atoms with van der Waals surface area (Å²) in [4.78, 5) is 13.0. The highest BCUT2D eigenvalue weighted by molar-refractivity contribution is 6.31. The van der Waals surface area contributed by atoms with Crippen molar-refractivity contribution in [2.45, 2.75) is 59.1 Å². The normalized spacial score (nSPS) is 21.4. The SMILES string of the molecule is CC1=CC2=C(CNC(=O)c3cc(Cl)cc(OC(C)C)c3C/C=C/CC2)C(C)N1. The molecule has 2 aliphatic rings. The van der Waals surface area contributed by atoms with Gasteiger partial charge in [0.25, 0.3) is 5.91 Å². The zero-order valence-electron chi connectivity index (χ0n) is 17.1. The van der Waals surface area contributed by atoms with Gasteiger partial charge in [0, 0.05) is 34.4 Å². The average molecular weight is 401 g/mol. The van der Waals surface area contributed by atoms with Gasteiger partial charge in [0.05, 0.1) is 6.10 Å². The van der Waals surface area contributed by atoms with E-state index in [4.69, 9.17) is 16.3 Å². The lowest BCUT2D eigenvalue weighted by Crippen LogP contribution is -2.37. The van der Waals surface area contributed by atoms with Gasteiger partial charge in [-0.05, 0) is 76.3 Å². The molecule has 1 aromatic rings. The van der Waals surface area contributed by atoms with Crippen molar-refractivity contribution in [2.24, 2.45) is 0 Å². The minimum Gasteiger partial charge on any atom is -0.491 e. The van der Waals surface area contributed by atoms with Crippen LogP contribution in [0.5, 0.6) is 5.75 Å². The number of carbonyl (C=O) groups excluding carboxylic acids is 1. The molecule has 0 radical (unpaired) electrons. The highest BCUT2D eigenvalue weighted by Crippen LogP contribution is 2.30. The molecule has 2 heterocycles. The van der Waals surface area contributed by atoms with E-state index in [1.54, 1.807) is 12.1 Å². The summed E-state index contributed by atoms with van der Waals surface area (Å²) >= 11 is 6.30. The lowest BCUT2D eigenvalue weighted by molar-refractivity contribution is 0.0954. The largest absolute Gasteiger partial charge is 0.491 e. The fourth-order valence-corrected chi connectivity index (χ4v) is 4.02. The minimum absolute atomic E-state index is 0.00731. The number of nitrogens with one attached hydrogen (secondary N) is 2. The number of hydrogen-bond acceptors (Lipinski definition) is 3. The molecule has 0 saturated carbocycles. The van der Waals surface area contributed by atoms with E-state index in [0.717, 1.165) is 18.4 Å². The predicted molar refractivity (Wildman–Crippen MR) is 115 cm³/mol. The molecule has 4 nitrogen and oxygen atoms in total. The third-order valence-electron chi connectivity index (χ3n) is 5.06. The third kappa shape index (κ3) is 4.79. The fourth-order valence-electron chi connectivity index (χ4n) is 3.81. The zero-order chi connectivity index (χ0) is 20.3. The number of benzene rings is 1. The van der Waals surface area contributed by atoms with E-state index in [-0.39, 0.29) is 18.1 Å². The first-order valence-electron chi connectivity index (χ1n) is 9.94. The van der Waals surface area contributed by atoms with Gasteiger partial charge in [-0.2, -0.15) is 0 Å². The molecule has 2 N–H and O–H groups in total. The van der Waals surface area contributed by atoms with Crippen LogP contribution in [0.2, 0.25) is 5.02 Å². The molecule has 0 bridgehead atoms. The summed E-state index contributed by atoms with van der Waals surface area (Å²) in [6.07, 6.45) is 9.09. The summed E-state index contributed by atoms with van der Waals surface area (Å²) in [6, 6.07) is 3.74. The Morgan fingerprint density at radius 1 is 1.25 bits per heavy atom. The van der Waals surface area contributed by atoms with E-state index in [0.29, 0.717) is 29.3 Å². The number of fused-ring (bicyclic) bond motifs is 1. The van der Waals surface area contributed by atoms with Gasteiger partial charge in [-0.3, -0.25) is 4.79 Å². The summed E-state index contributed by atoms with van der Waals surface area (Å²) in [5.74, 6) is 0.561. The van der Waals surface area contributed by atoms with Crippen LogP contribution in [-0.4, -0.2) is 24.6 Å². The number of halogens is 1. The van der Waals surface area contributed by atoms with Crippen LogP contribution in [0.25, 0.3) is 0 Å². The number of rotatable bonds is 2. The van der Waals surface area contributed by atoms with Crippen molar-refractivity contribution < 1.29 is 9.53 Å². The van der Waals surface area contributed by atoms with E-state index in [2.05, 4.69) is 42.7 Å². The first-order chi connectivity index (χ1) is 13.3. The van der Waals surface area contributed by atoms with Crippen molar-refractivity contribution in [1.82, 2.24) is 10.6 Å². The Morgan fingerprint density at radius 2 is 2.04 bits per heavy atom. The van der Waals surface area contributed by atoms with Crippen molar-refractivity contribution in [3.05, 3.63) is 63.4 Å². The summed E-state index contributed by atoms with van der Waals surface area (Å²) < 4.78 is 5.96. The predicted octanol–water partition coefficient (Wildman–Crippen LogP) is 4.94. The van der Waals surface area contributed by atoms with Gasteiger partial charge in [-0.1, -0.05) is 23.8 Å². The Kier molecular flexibility index (Phi) is 6.50. The smallest absolute Gasteiger partial charge is 0.252 e. The maximum Gasteiger partial charge on any atom is 0.252 e. The Labute approximate surface area is 172 Å². The minimum atomic E-state index is -0.120. The van der Waals surface area contributed by atoms with Gasteiger partial charge >= 0.3 is 0 Å². The lowest BCUT2D eigenvalue weighted by atomic mass is 9.93. The van der Waals surface area contributed by atoms with Crippen molar-refractivity contribution in [2.75, 3.05) is 6.54 Å². The summed E-state index contributed by atoms with van der Waals surface area (Å²) in [6.45, 7) is 8.68. The van der Waals surface area contributed by atoms with Crippen LogP contribution in [0.4, 0.5) is 0 Å². The molecule has 2 aliphatic heterocycles. The Hall–Kier alpha value is -2.20. The Morgan fingerprint density at radius 3 is 2.79 bits per heavy atom. The number of carbonyl (C=O) groups is 1. The van der Waals surface area contributed by atoms with Crippen molar-refractivity contribution in [3.63, 3.8) is 0 Å². The van der Waals surface area contributed by atoms with Crippen LogP contribution in [0, 0.1) is 0 Å². The second kappa shape index (κ2) is 8.87. The van der Waals surface area contributed by atoms with Gasteiger partial charge in [0.15, 0.2) is 0 Å². The third-order valence-corrected chi connectivity index (χ3v) is 5.28. The molecule has 1 atom stereocenters. The average Bonchev–Trinajstić information content (AvgIpc) is 2.59. The first-order valence-corrected chi connectivity index (χ1v) is 10.3. The Balaban J connectivity index is 1.99. The van der Waals surface area contributed by atoms with Crippen LogP contribution in [-0.2, 0) is 6.42 Å². The van der Waals surface area contributed by atoms with Crippen LogP contribution in [0.1, 0.15) is 56.5 Å². The fraction of sp³-hybridized carbons (Fsp3) is 0.435. The highest BCUT2D eigenvalue weighted by Gasteiger charge is 2.22. The van der Waals surface area contributed by atoms with E-state index in [9.17, 15) is 4.79 Å². The molecular formula is C23H29ClN2O2. The number of ether oxygens (including phenoxy) is 1. The van der Waals surface area contributed by atoms with Crippen molar-refractivity contribution >= 4 is 17.5 Å². The number of hydrogen-bond donors (Lipinski definition) is 2. The van der Waals surface area contributed by atoms with Crippen molar-refractivity contribution in [3.8, 4) is 5.75 Å². The molecule has 28 heavy (non-hydrogen) atoms. The summed E-state index contributed by atoms with van der Waals surface area (Å²) in [5.41, 5.74) is 5.17. The second-order valence-corrected chi connectivity index (χ2v) is 8.17. The van der Waals surface area contributed by atoms with Crippen LogP contribution in [0.3, 0.4) is 0 Å². The molecule has 0 spiro atoms. The second-order valence-electron chi connectivity index (χ2n) is 7.74. The Bertz CT molecular complexity index is 852. The molecule has 5 heteroatoms.